The molecule has 1 fully saturated rings. The van der Waals surface area contributed by atoms with Gasteiger partial charge in [-0.25, -0.2) is 17.6 Å². The molecule has 2 unspecified atom stereocenters. The largest absolute Gasteiger partial charge is 0.251 e. The molecular weight excluding hydrogens is 376 g/mol. The quantitative estimate of drug-likeness (QED) is 0.409. The first kappa shape index (κ1) is 21.9. The van der Waals surface area contributed by atoms with Crippen LogP contribution in [0.15, 0.2) is 36.4 Å². The van der Waals surface area contributed by atoms with E-state index in [1.807, 2.05) is 19.1 Å². The van der Waals surface area contributed by atoms with Gasteiger partial charge in [0.2, 0.25) is 0 Å². The van der Waals surface area contributed by atoms with Crippen molar-refractivity contribution in [3.63, 3.8) is 0 Å². The number of aryl methyl sites for hydroxylation is 2. The topological polar surface area (TPSA) is 0 Å². The molecule has 2 aromatic carbocycles. The summed E-state index contributed by atoms with van der Waals surface area (Å²) in [5, 5.41) is 0. The van der Waals surface area contributed by atoms with Crippen molar-refractivity contribution < 1.29 is 17.6 Å². The minimum atomic E-state index is -2.55. The third kappa shape index (κ3) is 5.02. The molecule has 0 bridgehead atoms. The summed E-state index contributed by atoms with van der Waals surface area (Å²) in [7, 11) is 0. The van der Waals surface area contributed by atoms with Crippen molar-refractivity contribution in [1.82, 2.24) is 0 Å². The predicted molar refractivity (Wildman–Crippen MR) is 110 cm³/mol. The SMILES string of the molecule is CCCC1CCC(CCc2ccc(-c3ccc(CC)c(F)c3F)cc2)CC1(F)F. The van der Waals surface area contributed by atoms with E-state index in [9.17, 15) is 17.6 Å². The van der Waals surface area contributed by atoms with Crippen LogP contribution in [0.3, 0.4) is 0 Å². The summed E-state index contributed by atoms with van der Waals surface area (Å²) in [6, 6.07) is 10.6. The minimum absolute atomic E-state index is 0.00991. The van der Waals surface area contributed by atoms with Gasteiger partial charge in [0.1, 0.15) is 0 Å². The Kier molecular flexibility index (Phi) is 7.02. The molecule has 0 amide bonds. The summed E-state index contributed by atoms with van der Waals surface area (Å²) >= 11 is 0. The van der Waals surface area contributed by atoms with Gasteiger partial charge >= 0.3 is 0 Å². The molecule has 29 heavy (non-hydrogen) atoms. The Hall–Kier alpha value is -1.84. The summed E-state index contributed by atoms with van der Waals surface area (Å²) in [5.41, 5.74) is 2.28. The highest BCUT2D eigenvalue weighted by Gasteiger charge is 2.43. The number of rotatable bonds is 7. The van der Waals surface area contributed by atoms with E-state index in [1.165, 1.54) is 0 Å². The van der Waals surface area contributed by atoms with Crippen molar-refractivity contribution in [2.24, 2.45) is 11.8 Å². The lowest BCUT2D eigenvalue weighted by atomic mass is 9.75. The van der Waals surface area contributed by atoms with Crippen LogP contribution in [-0.2, 0) is 12.8 Å². The fourth-order valence-electron chi connectivity index (χ4n) is 4.56. The van der Waals surface area contributed by atoms with Crippen LogP contribution in [0.1, 0.15) is 63.5 Å². The maximum Gasteiger partial charge on any atom is 0.251 e. The Balaban J connectivity index is 1.61. The van der Waals surface area contributed by atoms with E-state index in [4.69, 9.17) is 0 Å². The van der Waals surface area contributed by atoms with Crippen molar-refractivity contribution in [1.29, 1.82) is 0 Å². The van der Waals surface area contributed by atoms with E-state index in [1.54, 1.807) is 31.2 Å². The smallest absolute Gasteiger partial charge is 0.207 e. The lowest BCUT2D eigenvalue weighted by molar-refractivity contribution is -0.105. The van der Waals surface area contributed by atoms with Gasteiger partial charge in [-0.05, 0) is 61.1 Å². The van der Waals surface area contributed by atoms with Crippen LogP contribution in [0, 0.1) is 23.5 Å². The second-order valence-electron chi connectivity index (χ2n) is 8.38. The lowest BCUT2D eigenvalue weighted by Crippen LogP contribution is -2.35. The Morgan fingerprint density at radius 1 is 0.897 bits per heavy atom. The first-order valence-corrected chi connectivity index (χ1v) is 10.8. The molecular formula is C25H30F4. The summed E-state index contributed by atoms with van der Waals surface area (Å²) in [4.78, 5) is 0. The zero-order chi connectivity index (χ0) is 21.0. The highest BCUT2D eigenvalue weighted by atomic mass is 19.3. The summed E-state index contributed by atoms with van der Waals surface area (Å²) in [6.07, 6.45) is 4.80. The highest BCUT2D eigenvalue weighted by Crippen LogP contribution is 2.44. The van der Waals surface area contributed by atoms with Crippen molar-refractivity contribution in [2.75, 3.05) is 0 Å². The van der Waals surface area contributed by atoms with Gasteiger partial charge in [-0.3, -0.25) is 0 Å². The molecule has 0 aromatic heterocycles. The van der Waals surface area contributed by atoms with Crippen LogP contribution in [0.5, 0.6) is 0 Å². The van der Waals surface area contributed by atoms with Crippen LogP contribution in [0.2, 0.25) is 0 Å². The van der Waals surface area contributed by atoms with Crippen molar-refractivity contribution >= 4 is 0 Å². The van der Waals surface area contributed by atoms with Gasteiger partial charge in [-0.2, -0.15) is 0 Å². The van der Waals surface area contributed by atoms with Crippen LogP contribution in [-0.4, -0.2) is 5.92 Å². The molecule has 3 rings (SSSR count). The Morgan fingerprint density at radius 2 is 1.62 bits per heavy atom. The monoisotopic (exact) mass is 406 g/mol. The number of halogens is 4. The number of hydrogen-bond donors (Lipinski definition) is 0. The molecule has 0 radical (unpaired) electrons. The summed E-state index contributed by atoms with van der Waals surface area (Å²) in [6.45, 7) is 3.75. The second kappa shape index (κ2) is 9.32. The van der Waals surface area contributed by atoms with Crippen LogP contribution in [0.4, 0.5) is 17.6 Å². The molecule has 1 saturated carbocycles. The van der Waals surface area contributed by atoms with Crippen molar-refractivity contribution in [3.05, 3.63) is 59.2 Å². The van der Waals surface area contributed by atoms with E-state index in [0.717, 1.165) is 31.2 Å². The Morgan fingerprint density at radius 3 is 2.24 bits per heavy atom. The molecule has 0 spiro atoms. The number of hydrogen-bond acceptors (Lipinski definition) is 0. The fourth-order valence-corrected chi connectivity index (χ4v) is 4.56. The molecule has 158 valence electrons. The maximum atomic E-state index is 14.3. The van der Waals surface area contributed by atoms with Gasteiger partial charge in [0, 0.05) is 17.9 Å². The Bertz CT molecular complexity index is 810. The lowest BCUT2D eigenvalue weighted by Gasteiger charge is -2.36. The molecule has 1 aliphatic rings. The van der Waals surface area contributed by atoms with Crippen molar-refractivity contribution in [2.45, 2.75) is 71.1 Å². The van der Waals surface area contributed by atoms with Crippen molar-refractivity contribution in [3.8, 4) is 11.1 Å². The molecule has 0 heterocycles. The van der Waals surface area contributed by atoms with Gasteiger partial charge in [0.05, 0.1) is 0 Å². The Labute approximate surface area is 171 Å². The van der Waals surface area contributed by atoms with E-state index in [0.29, 0.717) is 30.4 Å². The summed E-state index contributed by atoms with van der Waals surface area (Å²) < 4.78 is 57.1. The molecule has 0 aliphatic heterocycles. The third-order valence-electron chi connectivity index (χ3n) is 6.37. The first-order valence-electron chi connectivity index (χ1n) is 10.8. The molecule has 0 saturated heterocycles. The number of alkyl halides is 2. The standard InChI is InChI=1S/C25H30F4/c1-3-5-21-14-10-18(16-25(21,28)29)7-6-17-8-11-20(12-9-17)22-15-13-19(4-2)23(26)24(22)27/h8-9,11-13,15,18,21H,3-7,10,14,16H2,1-2H3. The van der Waals surface area contributed by atoms with Gasteiger partial charge in [-0.15, -0.1) is 0 Å². The molecule has 1 aliphatic carbocycles. The normalized spacial score (nSPS) is 21.3. The average Bonchev–Trinajstić information content (AvgIpc) is 2.70. The zero-order valence-electron chi connectivity index (χ0n) is 17.3. The molecule has 0 N–H and O–H groups in total. The van der Waals surface area contributed by atoms with Crippen LogP contribution >= 0.6 is 0 Å². The van der Waals surface area contributed by atoms with E-state index in [2.05, 4.69) is 0 Å². The highest BCUT2D eigenvalue weighted by molar-refractivity contribution is 5.65. The molecule has 0 nitrogen and oxygen atoms in total. The van der Waals surface area contributed by atoms with E-state index >= 15 is 0 Å². The van der Waals surface area contributed by atoms with Gasteiger partial charge < -0.3 is 0 Å². The zero-order valence-corrected chi connectivity index (χ0v) is 17.3. The van der Waals surface area contributed by atoms with Gasteiger partial charge in [0.25, 0.3) is 5.92 Å². The molecule has 2 atom stereocenters. The van der Waals surface area contributed by atoms with Gasteiger partial charge in [-0.1, -0.05) is 56.7 Å². The van der Waals surface area contributed by atoms with E-state index in [-0.39, 0.29) is 17.9 Å². The minimum Gasteiger partial charge on any atom is -0.207 e. The van der Waals surface area contributed by atoms with E-state index < -0.39 is 23.5 Å². The molecule has 2 aromatic rings. The van der Waals surface area contributed by atoms with Gasteiger partial charge in [0.15, 0.2) is 11.6 Å². The average molecular weight is 407 g/mol. The third-order valence-corrected chi connectivity index (χ3v) is 6.37. The maximum absolute atomic E-state index is 14.3. The van der Waals surface area contributed by atoms with Crippen LogP contribution < -0.4 is 0 Å². The molecule has 4 heteroatoms. The number of benzene rings is 2. The summed E-state index contributed by atoms with van der Waals surface area (Å²) in [5.74, 6) is -4.56. The first-order chi connectivity index (χ1) is 13.9. The fraction of sp³-hybridized carbons (Fsp3) is 0.520. The van der Waals surface area contributed by atoms with Crippen LogP contribution in [0.25, 0.3) is 11.1 Å². The predicted octanol–water partition coefficient (Wildman–Crippen LogP) is 7.98. The second-order valence-corrected chi connectivity index (χ2v) is 8.38.